The fraction of sp³-hybridized carbons (Fsp3) is 0.417. The molecule has 2 fully saturated rings. The van der Waals surface area contributed by atoms with Crippen molar-refractivity contribution >= 4 is 57.6 Å². The molecule has 2 atom stereocenters. The van der Waals surface area contributed by atoms with E-state index in [1.807, 2.05) is 0 Å². The third-order valence-electron chi connectivity index (χ3n) is 9.83. The Balaban J connectivity index is 1.01. The number of nitrogens with zero attached hydrogens (tertiary/aromatic N) is 4. The zero-order chi connectivity index (χ0) is 36.2. The highest BCUT2D eigenvalue weighted by atomic mass is 32.1. The lowest BCUT2D eigenvalue weighted by atomic mass is 9.95. The topological polar surface area (TPSA) is 128 Å². The van der Waals surface area contributed by atoms with Gasteiger partial charge < -0.3 is 10.4 Å². The zero-order valence-electron chi connectivity index (χ0n) is 28.0. The normalized spacial score (nSPS) is 20.8. The molecule has 10 nitrogen and oxygen atoms in total. The summed E-state index contributed by atoms with van der Waals surface area (Å²) < 4.78 is 40.4. The number of thiol groups is 1. The largest absolute Gasteiger partial charge is 0.433 e. The molecule has 0 aliphatic carbocycles. The van der Waals surface area contributed by atoms with Crippen LogP contribution in [0.3, 0.4) is 0 Å². The van der Waals surface area contributed by atoms with Gasteiger partial charge in [0.2, 0.25) is 11.8 Å². The summed E-state index contributed by atoms with van der Waals surface area (Å²) in [6.07, 6.45) is -2.07. The summed E-state index contributed by atoms with van der Waals surface area (Å²) in [7, 11) is 0. The number of rotatable bonds is 7. The number of fused-ring (bicyclic) bond motifs is 2. The summed E-state index contributed by atoms with van der Waals surface area (Å²) in [6, 6.07) is 12.6. The molecule has 2 unspecified atom stereocenters. The molecule has 4 aromatic rings. The van der Waals surface area contributed by atoms with Crippen LogP contribution in [-0.2, 0) is 34.5 Å². The van der Waals surface area contributed by atoms with Gasteiger partial charge in [0, 0.05) is 36.7 Å². The van der Waals surface area contributed by atoms with E-state index in [9.17, 15) is 32.7 Å². The Morgan fingerprint density at radius 3 is 2.55 bits per heavy atom. The fourth-order valence-electron chi connectivity index (χ4n) is 7.16. The van der Waals surface area contributed by atoms with E-state index in [1.54, 1.807) is 26.0 Å². The SMILES string of the molecule is CC(C)(O)c1cc2nc(C3CCN(Cc4ccc5c(c4)CN(C4CCC(=O)NC4=O)C5S)CC3)sc2cc1NC(=O)c1cccc(C(F)(F)F)n1. The minimum Gasteiger partial charge on any atom is -0.386 e. The van der Waals surface area contributed by atoms with E-state index in [0.29, 0.717) is 30.5 Å². The Hall–Kier alpha value is -3.89. The summed E-state index contributed by atoms with van der Waals surface area (Å²) in [5, 5.41) is 16.8. The van der Waals surface area contributed by atoms with Gasteiger partial charge >= 0.3 is 6.18 Å². The second-order valence-corrected chi connectivity index (χ2v) is 15.5. The molecule has 7 rings (SSSR count). The molecule has 0 bridgehead atoms. The number of amides is 3. The van der Waals surface area contributed by atoms with Gasteiger partial charge in [-0.2, -0.15) is 25.8 Å². The smallest absolute Gasteiger partial charge is 0.386 e. The maximum absolute atomic E-state index is 13.2. The number of anilines is 1. The van der Waals surface area contributed by atoms with Crippen LogP contribution in [0.5, 0.6) is 0 Å². The van der Waals surface area contributed by atoms with Gasteiger partial charge in [0.05, 0.1) is 32.2 Å². The molecule has 2 saturated heterocycles. The van der Waals surface area contributed by atoms with Crippen LogP contribution in [0, 0.1) is 0 Å². The Kier molecular flexibility index (Phi) is 9.46. The number of benzene rings is 2. The minimum absolute atomic E-state index is 0.207. The number of halogens is 3. The second kappa shape index (κ2) is 13.6. The van der Waals surface area contributed by atoms with Crippen molar-refractivity contribution in [2.24, 2.45) is 0 Å². The molecule has 2 aromatic carbocycles. The van der Waals surface area contributed by atoms with Gasteiger partial charge in [0.1, 0.15) is 11.4 Å². The first-order valence-electron chi connectivity index (χ1n) is 16.8. The number of carbonyl (C=O) groups excluding carboxylic acids is 3. The number of aromatic nitrogens is 2. The number of nitrogens with one attached hydrogen (secondary N) is 2. The highest BCUT2D eigenvalue weighted by Crippen LogP contribution is 2.41. The third kappa shape index (κ3) is 7.40. The van der Waals surface area contributed by atoms with Crippen molar-refractivity contribution in [1.29, 1.82) is 0 Å². The van der Waals surface area contributed by atoms with Crippen molar-refractivity contribution < 1.29 is 32.7 Å². The summed E-state index contributed by atoms with van der Waals surface area (Å²) in [6.45, 7) is 6.27. The highest BCUT2D eigenvalue weighted by molar-refractivity contribution is 7.80. The van der Waals surface area contributed by atoms with Crippen molar-refractivity contribution in [3.05, 3.63) is 87.2 Å². The van der Waals surface area contributed by atoms with Gasteiger partial charge in [-0.15, -0.1) is 11.3 Å². The van der Waals surface area contributed by atoms with Crippen LogP contribution in [0.1, 0.15) is 94.3 Å². The zero-order valence-corrected chi connectivity index (χ0v) is 29.7. The van der Waals surface area contributed by atoms with E-state index in [2.05, 4.69) is 43.6 Å². The first-order valence-corrected chi connectivity index (χ1v) is 18.1. The average Bonchev–Trinajstić information content (AvgIpc) is 3.64. The maximum Gasteiger partial charge on any atom is 0.433 e. The summed E-state index contributed by atoms with van der Waals surface area (Å²) >= 11 is 6.32. The van der Waals surface area contributed by atoms with E-state index in [1.165, 1.54) is 23.0 Å². The molecular weight excluding hydrogens is 702 g/mol. The van der Waals surface area contributed by atoms with Crippen LogP contribution in [0.2, 0.25) is 0 Å². The molecule has 51 heavy (non-hydrogen) atoms. The second-order valence-electron chi connectivity index (χ2n) is 13.9. The molecule has 0 radical (unpaired) electrons. The van der Waals surface area contributed by atoms with E-state index in [-0.39, 0.29) is 40.5 Å². The molecule has 268 valence electrons. The van der Waals surface area contributed by atoms with Crippen LogP contribution < -0.4 is 10.6 Å². The molecule has 3 aliphatic heterocycles. The number of aliphatic hydroxyl groups is 1. The number of imide groups is 1. The Bertz CT molecular complexity index is 2020. The molecular formula is C36H37F3N6O4S2. The molecule has 5 heterocycles. The van der Waals surface area contributed by atoms with Gasteiger partial charge in [-0.25, -0.2) is 9.97 Å². The Labute approximate surface area is 301 Å². The first-order chi connectivity index (χ1) is 24.1. The first kappa shape index (κ1) is 35.5. The monoisotopic (exact) mass is 738 g/mol. The van der Waals surface area contributed by atoms with Crippen molar-refractivity contribution in [1.82, 2.24) is 25.1 Å². The van der Waals surface area contributed by atoms with Crippen molar-refractivity contribution in [3.8, 4) is 0 Å². The lowest BCUT2D eigenvalue weighted by Gasteiger charge is -2.32. The van der Waals surface area contributed by atoms with Crippen molar-refractivity contribution in [2.45, 2.75) is 81.7 Å². The van der Waals surface area contributed by atoms with Crippen LogP contribution >= 0.6 is 24.0 Å². The molecule has 0 spiro atoms. The number of likely N-dealkylation sites (tertiary alicyclic amines) is 1. The lowest BCUT2D eigenvalue weighted by molar-refractivity contribution is -0.141. The molecule has 0 saturated carbocycles. The van der Waals surface area contributed by atoms with Gasteiger partial charge in [0.25, 0.3) is 5.91 Å². The lowest BCUT2D eigenvalue weighted by Crippen LogP contribution is -2.51. The summed E-state index contributed by atoms with van der Waals surface area (Å²) in [5.74, 6) is -1.08. The predicted octanol–water partition coefficient (Wildman–Crippen LogP) is 6.12. The number of pyridine rings is 1. The number of piperidine rings is 2. The van der Waals surface area contributed by atoms with Crippen LogP contribution in [0.15, 0.2) is 48.5 Å². The number of hydrogen-bond donors (Lipinski definition) is 4. The maximum atomic E-state index is 13.2. The number of thiazole rings is 1. The van der Waals surface area contributed by atoms with Crippen LogP contribution in [0.25, 0.3) is 10.2 Å². The van der Waals surface area contributed by atoms with E-state index in [4.69, 9.17) is 17.6 Å². The number of carbonyl (C=O) groups is 3. The molecule has 15 heteroatoms. The quantitative estimate of drug-likeness (QED) is 0.132. The molecule has 3 aliphatic rings. The highest BCUT2D eigenvalue weighted by Gasteiger charge is 2.39. The van der Waals surface area contributed by atoms with Gasteiger partial charge in [-0.3, -0.25) is 29.5 Å². The third-order valence-corrected chi connectivity index (χ3v) is 11.6. The van der Waals surface area contributed by atoms with Crippen LogP contribution in [0.4, 0.5) is 18.9 Å². The van der Waals surface area contributed by atoms with Crippen LogP contribution in [-0.4, -0.2) is 61.7 Å². The fourth-order valence-corrected chi connectivity index (χ4v) is 8.82. The minimum atomic E-state index is -4.69. The van der Waals surface area contributed by atoms with Gasteiger partial charge in [-0.05, 0) is 87.2 Å². The van der Waals surface area contributed by atoms with E-state index in [0.717, 1.165) is 65.4 Å². The van der Waals surface area contributed by atoms with Crippen molar-refractivity contribution in [3.63, 3.8) is 0 Å². The molecule has 2 aromatic heterocycles. The number of alkyl halides is 3. The van der Waals surface area contributed by atoms with E-state index >= 15 is 0 Å². The Morgan fingerprint density at radius 2 is 1.84 bits per heavy atom. The standard InChI is InChI=1S/C36H37F3N6O4S2/c1-35(2,49)23-15-26-28(16-25(23)41-31(47)24-4-3-5-29(40-24)36(37,38)39)51-33(42-26)20-10-12-44(13-11-20)17-19-6-7-22-21(14-19)18-45(34(22)50)27-8-9-30(46)43-32(27)48/h3-7,14-16,20,27,34,49-50H,8-13,17-18H2,1-2H3,(H,41,47)(H,43,46,48). The van der Waals surface area contributed by atoms with Gasteiger partial charge in [0.15, 0.2) is 0 Å². The summed E-state index contributed by atoms with van der Waals surface area (Å²) in [5.41, 5.74) is 1.85. The molecule has 3 N–H and O–H groups in total. The molecule has 3 amide bonds. The van der Waals surface area contributed by atoms with E-state index < -0.39 is 23.4 Å². The van der Waals surface area contributed by atoms with Crippen molar-refractivity contribution in [2.75, 3.05) is 18.4 Å². The average molecular weight is 739 g/mol. The van der Waals surface area contributed by atoms with Gasteiger partial charge in [-0.1, -0.05) is 24.3 Å². The summed E-state index contributed by atoms with van der Waals surface area (Å²) in [4.78, 5) is 50.1. The predicted molar refractivity (Wildman–Crippen MR) is 189 cm³/mol. The number of hydrogen-bond acceptors (Lipinski definition) is 10. The Morgan fingerprint density at radius 1 is 1.08 bits per heavy atom.